The highest BCUT2D eigenvalue weighted by Crippen LogP contribution is 2.18. The van der Waals surface area contributed by atoms with Crippen LogP contribution in [0.4, 0.5) is 4.79 Å². The summed E-state index contributed by atoms with van der Waals surface area (Å²) in [6, 6.07) is 11.3. The van der Waals surface area contributed by atoms with E-state index in [1.807, 2.05) is 29.6 Å². The summed E-state index contributed by atoms with van der Waals surface area (Å²) in [5.41, 5.74) is 0.575. The number of hydrogen-bond donors (Lipinski definition) is 1. The van der Waals surface area contributed by atoms with E-state index in [2.05, 4.69) is 5.32 Å². The van der Waals surface area contributed by atoms with Crippen LogP contribution in [0.25, 0.3) is 0 Å². The van der Waals surface area contributed by atoms with Gasteiger partial charge in [-0.15, -0.1) is 11.3 Å². The van der Waals surface area contributed by atoms with Gasteiger partial charge in [0.15, 0.2) is 0 Å². The van der Waals surface area contributed by atoms with Crippen molar-refractivity contribution in [3.63, 3.8) is 0 Å². The third-order valence-electron chi connectivity index (χ3n) is 4.41. The van der Waals surface area contributed by atoms with Crippen molar-refractivity contribution in [2.75, 3.05) is 19.7 Å². The van der Waals surface area contributed by atoms with Crippen molar-refractivity contribution in [2.45, 2.75) is 32.4 Å². The molecule has 1 aliphatic rings. The number of ether oxygens (including phenoxy) is 2. The Morgan fingerprint density at radius 1 is 1.22 bits per heavy atom. The lowest BCUT2D eigenvalue weighted by atomic mass is 10.0. The van der Waals surface area contributed by atoms with Gasteiger partial charge in [0.25, 0.3) is 5.91 Å². The van der Waals surface area contributed by atoms with E-state index in [9.17, 15) is 9.59 Å². The molecule has 1 saturated heterocycles. The zero-order chi connectivity index (χ0) is 19.1. The number of nitrogens with one attached hydrogen (secondary N) is 1. The Bertz CT molecular complexity index is 755. The molecule has 1 aromatic carbocycles. The van der Waals surface area contributed by atoms with E-state index in [0.717, 1.165) is 17.7 Å². The molecule has 1 fully saturated rings. The number of thiophene rings is 1. The van der Waals surface area contributed by atoms with Gasteiger partial charge in [-0.2, -0.15) is 0 Å². The van der Waals surface area contributed by atoms with Crippen LogP contribution in [-0.2, 0) is 11.3 Å². The van der Waals surface area contributed by atoms with Crippen LogP contribution in [0.5, 0.6) is 5.75 Å². The molecule has 0 radical (unpaired) electrons. The summed E-state index contributed by atoms with van der Waals surface area (Å²) in [5.74, 6) is 0.555. The predicted molar refractivity (Wildman–Crippen MR) is 104 cm³/mol. The number of likely N-dealkylation sites (tertiary alicyclic amines) is 1. The van der Waals surface area contributed by atoms with Gasteiger partial charge in [-0.05, 0) is 49.4 Å². The average molecular weight is 388 g/mol. The Morgan fingerprint density at radius 3 is 2.74 bits per heavy atom. The first-order valence-electron chi connectivity index (χ1n) is 9.13. The van der Waals surface area contributed by atoms with Gasteiger partial charge >= 0.3 is 6.09 Å². The number of amides is 2. The first-order valence-corrected chi connectivity index (χ1v) is 10.0. The van der Waals surface area contributed by atoms with Crippen molar-refractivity contribution in [3.8, 4) is 5.75 Å². The fourth-order valence-corrected chi connectivity index (χ4v) is 3.58. The fraction of sp³-hybridized carbons (Fsp3) is 0.400. The Morgan fingerprint density at radius 2 is 2.04 bits per heavy atom. The third kappa shape index (κ3) is 5.47. The highest BCUT2D eigenvalue weighted by Gasteiger charge is 2.24. The number of nitrogens with zero attached hydrogens (tertiary/aromatic N) is 1. The van der Waals surface area contributed by atoms with Crippen LogP contribution in [0, 0.1) is 0 Å². The lowest BCUT2D eigenvalue weighted by Gasteiger charge is -2.31. The Kier molecular flexibility index (Phi) is 6.70. The van der Waals surface area contributed by atoms with E-state index >= 15 is 0 Å². The maximum absolute atomic E-state index is 12.5. The maximum atomic E-state index is 12.5. The quantitative estimate of drug-likeness (QED) is 0.820. The van der Waals surface area contributed by atoms with Crippen molar-refractivity contribution < 1.29 is 19.1 Å². The second-order valence-electron chi connectivity index (χ2n) is 6.33. The average Bonchev–Trinajstić information content (AvgIpc) is 3.21. The molecule has 0 atom stereocenters. The zero-order valence-electron chi connectivity index (χ0n) is 15.3. The molecule has 1 aliphatic heterocycles. The maximum Gasteiger partial charge on any atom is 0.409 e. The van der Waals surface area contributed by atoms with Crippen molar-refractivity contribution in [3.05, 3.63) is 52.2 Å². The molecular formula is C20H24N2O4S. The Balaban J connectivity index is 1.49. The molecule has 27 heavy (non-hydrogen) atoms. The first kappa shape index (κ1) is 19.2. The van der Waals surface area contributed by atoms with E-state index < -0.39 is 0 Å². The lowest BCUT2D eigenvalue weighted by Crippen LogP contribution is -2.46. The van der Waals surface area contributed by atoms with E-state index in [4.69, 9.17) is 9.47 Å². The molecular weight excluding hydrogens is 364 g/mol. The second-order valence-corrected chi connectivity index (χ2v) is 7.36. The molecule has 144 valence electrons. The van der Waals surface area contributed by atoms with Gasteiger partial charge in [0.2, 0.25) is 0 Å². The normalized spacial score (nSPS) is 14.6. The summed E-state index contributed by atoms with van der Waals surface area (Å²) in [4.78, 5) is 27.1. The molecule has 0 aliphatic carbocycles. The molecule has 2 aromatic rings. The van der Waals surface area contributed by atoms with Crippen molar-refractivity contribution in [1.82, 2.24) is 10.2 Å². The summed E-state index contributed by atoms with van der Waals surface area (Å²) in [5, 5.41) is 5.06. The second kappa shape index (κ2) is 9.41. The number of hydrogen-bond acceptors (Lipinski definition) is 5. The van der Waals surface area contributed by atoms with Gasteiger partial charge in [-0.1, -0.05) is 12.1 Å². The standard InChI is InChI=1S/C20H24N2O4S/c1-2-25-20(24)22-10-8-16(9-11-22)21-19(23)15-5-3-6-17(13-15)26-14-18-7-4-12-27-18/h3-7,12-13,16H,2,8-11,14H2,1H3,(H,21,23). The van der Waals surface area contributed by atoms with Gasteiger partial charge in [0, 0.05) is 29.6 Å². The molecule has 0 spiro atoms. The first-order chi connectivity index (χ1) is 13.2. The van der Waals surface area contributed by atoms with E-state index in [-0.39, 0.29) is 18.0 Å². The molecule has 1 N–H and O–H groups in total. The minimum atomic E-state index is -0.280. The van der Waals surface area contributed by atoms with Crippen LogP contribution in [-0.4, -0.2) is 42.6 Å². The van der Waals surface area contributed by atoms with Crippen LogP contribution < -0.4 is 10.1 Å². The van der Waals surface area contributed by atoms with Gasteiger partial charge in [-0.25, -0.2) is 4.79 Å². The molecule has 0 bridgehead atoms. The Labute approximate surface area is 163 Å². The van der Waals surface area contributed by atoms with Crippen molar-refractivity contribution >= 4 is 23.3 Å². The molecule has 2 heterocycles. The smallest absolute Gasteiger partial charge is 0.409 e. The van der Waals surface area contributed by atoms with Gasteiger partial charge in [-0.3, -0.25) is 4.79 Å². The van der Waals surface area contributed by atoms with Crippen molar-refractivity contribution in [1.29, 1.82) is 0 Å². The molecule has 7 heteroatoms. The fourth-order valence-electron chi connectivity index (χ4n) is 2.97. The summed E-state index contributed by atoms with van der Waals surface area (Å²) < 4.78 is 10.8. The van der Waals surface area contributed by atoms with E-state index in [0.29, 0.717) is 37.6 Å². The lowest BCUT2D eigenvalue weighted by molar-refractivity contribution is 0.0859. The van der Waals surface area contributed by atoms with Crippen LogP contribution >= 0.6 is 11.3 Å². The Hall–Kier alpha value is -2.54. The van der Waals surface area contributed by atoms with Crippen LogP contribution in [0.15, 0.2) is 41.8 Å². The van der Waals surface area contributed by atoms with Crippen molar-refractivity contribution in [2.24, 2.45) is 0 Å². The molecule has 6 nitrogen and oxygen atoms in total. The summed E-state index contributed by atoms with van der Waals surface area (Å²) in [6.07, 6.45) is 1.16. The van der Waals surface area contributed by atoms with E-state index in [1.54, 1.807) is 35.3 Å². The number of carbonyl (C=O) groups excluding carboxylic acids is 2. The minimum absolute atomic E-state index is 0.0545. The monoisotopic (exact) mass is 388 g/mol. The third-order valence-corrected chi connectivity index (χ3v) is 5.26. The largest absolute Gasteiger partial charge is 0.488 e. The van der Waals surface area contributed by atoms with Crippen LogP contribution in [0.3, 0.4) is 0 Å². The number of benzene rings is 1. The van der Waals surface area contributed by atoms with Gasteiger partial charge < -0.3 is 19.7 Å². The van der Waals surface area contributed by atoms with Crippen LogP contribution in [0.2, 0.25) is 0 Å². The molecule has 2 amide bonds. The molecule has 0 unspecified atom stereocenters. The predicted octanol–water partition coefficient (Wildman–Crippen LogP) is 3.68. The van der Waals surface area contributed by atoms with E-state index in [1.165, 1.54) is 0 Å². The summed E-state index contributed by atoms with van der Waals surface area (Å²) in [6.45, 7) is 3.85. The van der Waals surface area contributed by atoms with Gasteiger partial charge in [0.1, 0.15) is 12.4 Å². The highest BCUT2D eigenvalue weighted by atomic mass is 32.1. The highest BCUT2D eigenvalue weighted by molar-refractivity contribution is 7.09. The zero-order valence-corrected chi connectivity index (χ0v) is 16.2. The summed E-state index contributed by atoms with van der Waals surface area (Å²) >= 11 is 1.64. The summed E-state index contributed by atoms with van der Waals surface area (Å²) in [7, 11) is 0. The number of piperidine rings is 1. The SMILES string of the molecule is CCOC(=O)N1CCC(NC(=O)c2cccc(OCc3cccs3)c2)CC1. The van der Waals surface area contributed by atoms with Crippen LogP contribution in [0.1, 0.15) is 35.0 Å². The molecule has 0 saturated carbocycles. The number of carbonyl (C=O) groups is 2. The minimum Gasteiger partial charge on any atom is -0.488 e. The van der Waals surface area contributed by atoms with Gasteiger partial charge in [0.05, 0.1) is 6.61 Å². The molecule has 3 rings (SSSR count). The molecule has 1 aromatic heterocycles. The number of rotatable bonds is 6. The topological polar surface area (TPSA) is 67.9 Å².